The van der Waals surface area contributed by atoms with E-state index in [9.17, 15) is 14.4 Å². The Kier molecular flexibility index (Phi) is 4.97. The normalized spacial score (nSPS) is 22.8. The molecule has 0 aromatic rings. The van der Waals surface area contributed by atoms with E-state index in [0.717, 1.165) is 0 Å². The molecule has 118 valence electrons. The fourth-order valence-corrected chi connectivity index (χ4v) is 2.41. The third-order valence-electron chi connectivity index (χ3n) is 3.68. The topological polar surface area (TPSA) is 69.7 Å². The van der Waals surface area contributed by atoms with Gasteiger partial charge in [0, 0.05) is 6.42 Å². The Hall–Kier alpha value is -1.65. The molecule has 0 spiro atoms. The van der Waals surface area contributed by atoms with Gasteiger partial charge in [0.2, 0.25) is 0 Å². The number of ketones is 1. The van der Waals surface area contributed by atoms with Crippen LogP contribution in [0, 0.1) is 11.3 Å². The highest BCUT2D eigenvalue weighted by Gasteiger charge is 2.46. The summed E-state index contributed by atoms with van der Waals surface area (Å²) in [4.78, 5) is 36.4. The van der Waals surface area contributed by atoms with Gasteiger partial charge in [0.15, 0.2) is 5.78 Å². The molecule has 0 saturated carbocycles. The maximum Gasteiger partial charge on any atom is 0.341 e. The van der Waals surface area contributed by atoms with Gasteiger partial charge in [-0.05, 0) is 39.2 Å². The van der Waals surface area contributed by atoms with E-state index in [1.807, 2.05) is 13.8 Å². The molecule has 5 nitrogen and oxygen atoms in total. The summed E-state index contributed by atoms with van der Waals surface area (Å²) in [6, 6.07) is 0. The van der Waals surface area contributed by atoms with Crippen LogP contribution in [-0.4, -0.2) is 30.4 Å². The second kappa shape index (κ2) is 6.00. The monoisotopic (exact) mass is 296 g/mol. The lowest BCUT2D eigenvalue weighted by molar-refractivity contribution is -0.154. The zero-order valence-electron chi connectivity index (χ0n) is 13.6. The molecule has 5 heteroatoms. The highest BCUT2D eigenvalue weighted by Crippen LogP contribution is 2.41. The van der Waals surface area contributed by atoms with Crippen LogP contribution in [0.2, 0.25) is 0 Å². The van der Waals surface area contributed by atoms with Gasteiger partial charge in [-0.2, -0.15) is 0 Å². The van der Waals surface area contributed by atoms with Crippen LogP contribution in [0.25, 0.3) is 0 Å². The van der Waals surface area contributed by atoms with E-state index in [0.29, 0.717) is 6.42 Å². The van der Waals surface area contributed by atoms with Gasteiger partial charge >= 0.3 is 11.9 Å². The van der Waals surface area contributed by atoms with Crippen LogP contribution in [0.15, 0.2) is 11.6 Å². The molecule has 0 aromatic heterocycles. The first-order valence-electron chi connectivity index (χ1n) is 7.11. The van der Waals surface area contributed by atoms with Crippen LogP contribution >= 0.6 is 0 Å². The van der Waals surface area contributed by atoms with E-state index >= 15 is 0 Å². The molecule has 0 aliphatic heterocycles. The maximum atomic E-state index is 12.2. The molecule has 0 fully saturated rings. The van der Waals surface area contributed by atoms with Crippen LogP contribution in [0.4, 0.5) is 0 Å². The lowest BCUT2D eigenvalue weighted by Crippen LogP contribution is -2.41. The number of Topliss-reactive ketones (excluding diaryl/α,β-unsaturated/α-hetero) is 1. The van der Waals surface area contributed by atoms with Crippen molar-refractivity contribution in [2.24, 2.45) is 11.3 Å². The molecule has 1 rings (SSSR count). The predicted molar refractivity (Wildman–Crippen MR) is 77.5 cm³/mol. The lowest BCUT2D eigenvalue weighted by atomic mass is 9.68. The number of ether oxygens (including phenoxy) is 2. The van der Waals surface area contributed by atoms with Crippen molar-refractivity contribution in [3.8, 4) is 0 Å². The van der Waals surface area contributed by atoms with Gasteiger partial charge in [-0.1, -0.05) is 13.8 Å². The first-order chi connectivity index (χ1) is 9.53. The summed E-state index contributed by atoms with van der Waals surface area (Å²) in [6.07, 6.45) is 1.93. The highest BCUT2D eigenvalue weighted by atomic mass is 16.6. The van der Waals surface area contributed by atoms with E-state index in [-0.39, 0.29) is 23.7 Å². The summed E-state index contributed by atoms with van der Waals surface area (Å²) in [5, 5.41) is 0. The van der Waals surface area contributed by atoms with Gasteiger partial charge < -0.3 is 9.47 Å². The molecule has 0 saturated heterocycles. The standard InChI is InChI=1S/C16H24O5/c1-10(2)16(14(19)20-6)8-7-12(17)11(9-16)13(18)21-15(3,4)5/h9-10H,7-8H2,1-6H3/t16-/m1/s1. The Morgan fingerprint density at radius 2 is 1.86 bits per heavy atom. The number of carbonyl (C=O) groups excluding carboxylic acids is 3. The molecule has 1 atom stereocenters. The molecule has 0 N–H and O–H groups in total. The van der Waals surface area contributed by atoms with Gasteiger partial charge in [-0.15, -0.1) is 0 Å². The molecule has 0 aromatic carbocycles. The predicted octanol–water partition coefficient (Wildman–Crippen LogP) is 2.43. The van der Waals surface area contributed by atoms with Crippen LogP contribution < -0.4 is 0 Å². The molecule has 0 unspecified atom stereocenters. The van der Waals surface area contributed by atoms with Crippen LogP contribution in [0.3, 0.4) is 0 Å². The lowest BCUT2D eigenvalue weighted by Gasteiger charge is -2.35. The minimum absolute atomic E-state index is 0.0460. The van der Waals surface area contributed by atoms with Crippen molar-refractivity contribution >= 4 is 17.7 Å². The molecule has 0 amide bonds. The highest BCUT2D eigenvalue weighted by molar-refractivity contribution is 6.18. The zero-order chi connectivity index (χ0) is 16.4. The Bertz CT molecular complexity index is 481. The van der Waals surface area contributed by atoms with Crippen molar-refractivity contribution in [2.45, 2.75) is 53.1 Å². The summed E-state index contributed by atoms with van der Waals surface area (Å²) in [6.45, 7) is 8.93. The summed E-state index contributed by atoms with van der Waals surface area (Å²) in [7, 11) is 1.31. The number of esters is 2. The molecular formula is C16H24O5. The van der Waals surface area contributed by atoms with E-state index < -0.39 is 23.0 Å². The number of hydrogen-bond donors (Lipinski definition) is 0. The average Bonchev–Trinajstić information content (AvgIpc) is 2.36. The van der Waals surface area contributed by atoms with Gasteiger partial charge in [0.25, 0.3) is 0 Å². The Morgan fingerprint density at radius 3 is 2.29 bits per heavy atom. The Morgan fingerprint density at radius 1 is 1.29 bits per heavy atom. The van der Waals surface area contributed by atoms with Gasteiger partial charge in [0.05, 0.1) is 18.1 Å². The molecule has 21 heavy (non-hydrogen) atoms. The number of rotatable bonds is 3. The van der Waals surface area contributed by atoms with Gasteiger partial charge in [-0.25, -0.2) is 4.79 Å². The molecule has 0 bridgehead atoms. The van der Waals surface area contributed by atoms with Crippen molar-refractivity contribution in [2.75, 3.05) is 7.11 Å². The summed E-state index contributed by atoms with van der Waals surface area (Å²) in [5.74, 6) is -1.48. The van der Waals surface area contributed by atoms with Crippen molar-refractivity contribution in [1.29, 1.82) is 0 Å². The van der Waals surface area contributed by atoms with Crippen molar-refractivity contribution in [1.82, 2.24) is 0 Å². The summed E-state index contributed by atoms with van der Waals surface area (Å²) in [5.41, 5.74) is -1.69. The molecular weight excluding hydrogens is 272 g/mol. The van der Waals surface area contributed by atoms with E-state index in [1.54, 1.807) is 20.8 Å². The number of hydrogen-bond acceptors (Lipinski definition) is 5. The van der Waals surface area contributed by atoms with E-state index in [4.69, 9.17) is 9.47 Å². The summed E-state index contributed by atoms with van der Waals surface area (Å²) >= 11 is 0. The minimum atomic E-state index is -0.950. The van der Waals surface area contributed by atoms with Crippen molar-refractivity contribution in [3.63, 3.8) is 0 Å². The Balaban J connectivity index is 3.25. The van der Waals surface area contributed by atoms with Gasteiger partial charge in [-0.3, -0.25) is 9.59 Å². The fourth-order valence-electron chi connectivity index (χ4n) is 2.41. The average molecular weight is 296 g/mol. The van der Waals surface area contributed by atoms with E-state index in [2.05, 4.69) is 0 Å². The number of carbonyl (C=O) groups is 3. The summed E-state index contributed by atoms with van der Waals surface area (Å²) < 4.78 is 10.1. The van der Waals surface area contributed by atoms with Crippen molar-refractivity contribution in [3.05, 3.63) is 11.6 Å². The van der Waals surface area contributed by atoms with Crippen LogP contribution in [0.5, 0.6) is 0 Å². The van der Waals surface area contributed by atoms with Gasteiger partial charge in [0.1, 0.15) is 5.60 Å². The SMILES string of the molecule is COC(=O)[C@@]1(C(C)C)C=C(C(=O)OC(C)(C)C)C(=O)CC1. The third kappa shape index (κ3) is 3.71. The molecule has 0 radical (unpaired) electrons. The molecule has 0 heterocycles. The largest absolute Gasteiger partial charge is 0.468 e. The molecule has 1 aliphatic rings. The second-order valence-corrected chi connectivity index (χ2v) is 6.67. The third-order valence-corrected chi connectivity index (χ3v) is 3.68. The van der Waals surface area contributed by atoms with Crippen LogP contribution in [-0.2, 0) is 23.9 Å². The Labute approximate surface area is 125 Å². The molecule has 1 aliphatic carbocycles. The minimum Gasteiger partial charge on any atom is -0.468 e. The first-order valence-corrected chi connectivity index (χ1v) is 7.11. The zero-order valence-corrected chi connectivity index (χ0v) is 13.6. The quantitative estimate of drug-likeness (QED) is 0.591. The second-order valence-electron chi connectivity index (χ2n) is 6.67. The van der Waals surface area contributed by atoms with Crippen LogP contribution in [0.1, 0.15) is 47.5 Å². The number of methoxy groups -OCH3 is 1. The smallest absolute Gasteiger partial charge is 0.341 e. The first kappa shape index (κ1) is 17.4. The van der Waals surface area contributed by atoms with Crippen molar-refractivity contribution < 1.29 is 23.9 Å². The van der Waals surface area contributed by atoms with E-state index in [1.165, 1.54) is 13.2 Å². The maximum absolute atomic E-state index is 12.2. The fraction of sp³-hybridized carbons (Fsp3) is 0.688.